The van der Waals surface area contributed by atoms with Crippen LogP contribution >= 0.6 is 0 Å². The summed E-state index contributed by atoms with van der Waals surface area (Å²) >= 11 is 0. The first-order chi connectivity index (χ1) is 15.5. The number of aryl methyl sites for hydroxylation is 1. The topological polar surface area (TPSA) is 105 Å². The molecule has 0 spiro atoms. The third-order valence-corrected chi connectivity index (χ3v) is 6.97. The summed E-state index contributed by atoms with van der Waals surface area (Å²) in [5.41, 5.74) is 11.6. The van der Waals surface area contributed by atoms with Crippen molar-refractivity contribution in [3.8, 4) is 11.1 Å². The lowest BCUT2D eigenvalue weighted by Gasteiger charge is -2.32. The molecule has 9 heteroatoms. The highest BCUT2D eigenvalue weighted by atomic mass is 19.1. The number of nitrogens with one attached hydrogen (secondary N) is 2. The molecular weight excluding hydrogens is 407 g/mol. The summed E-state index contributed by atoms with van der Waals surface area (Å²) in [7, 11) is 1.82. The summed E-state index contributed by atoms with van der Waals surface area (Å²) in [6, 6.07) is 3.74. The number of piperidine rings is 1. The van der Waals surface area contributed by atoms with Crippen LogP contribution in [0.2, 0.25) is 0 Å². The van der Waals surface area contributed by atoms with Crippen molar-refractivity contribution in [2.75, 3.05) is 29.1 Å². The number of anilines is 4. The van der Waals surface area contributed by atoms with Gasteiger partial charge >= 0.3 is 0 Å². The fourth-order valence-corrected chi connectivity index (χ4v) is 5.44. The summed E-state index contributed by atoms with van der Waals surface area (Å²) in [6.45, 7) is 2.71. The molecule has 3 aliphatic rings. The zero-order valence-electron chi connectivity index (χ0n) is 18.1. The van der Waals surface area contributed by atoms with E-state index in [0.717, 1.165) is 59.0 Å². The van der Waals surface area contributed by atoms with E-state index in [0.29, 0.717) is 30.2 Å². The summed E-state index contributed by atoms with van der Waals surface area (Å²) in [4.78, 5) is 20.6. The van der Waals surface area contributed by atoms with Crippen molar-refractivity contribution in [2.45, 2.75) is 38.3 Å². The van der Waals surface area contributed by atoms with E-state index in [9.17, 15) is 4.39 Å². The molecule has 0 amide bonds. The molecule has 3 aromatic rings. The van der Waals surface area contributed by atoms with Gasteiger partial charge in [-0.05, 0) is 48.9 Å². The first kappa shape index (κ1) is 19.4. The number of aromatic nitrogens is 4. The Morgan fingerprint density at radius 1 is 1.16 bits per heavy atom. The molecular formula is C23H25FN8. The number of nitrogens with zero attached hydrogens (tertiary/aromatic N) is 5. The molecule has 1 aromatic carbocycles. The molecule has 1 unspecified atom stereocenters. The van der Waals surface area contributed by atoms with Gasteiger partial charge in [-0.15, -0.1) is 0 Å². The molecule has 1 saturated heterocycles. The van der Waals surface area contributed by atoms with Crippen molar-refractivity contribution < 1.29 is 4.39 Å². The molecule has 3 heterocycles. The van der Waals surface area contributed by atoms with Crippen molar-refractivity contribution in [2.24, 2.45) is 11.7 Å². The number of hydrogen-bond donors (Lipinski definition) is 3. The van der Waals surface area contributed by atoms with Crippen molar-refractivity contribution in [1.29, 1.82) is 0 Å². The van der Waals surface area contributed by atoms with E-state index >= 15 is 0 Å². The maximum absolute atomic E-state index is 14.5. The predicted octanol–water partition coefficient (Wildman–Crippen LogP) is 3.00. The average molecular weight is 433 g/mol. The van der Waals surface area contributed by atoms with E-state index in [1.54, 1.807) is 18.5 Å². The number of fused-ring (bicyclic) bond motifs is 5. The van der Waals surface area contributed by atoms with Crippen molar-refractivity contribution in [3.63, 3.8) is 0 Å². The zero-order chi connectivity index (χ0) is 22.0. The van der Waals surface area contributed by atoms with Crippen LogP contribution < -0.4 is 21.3 Å². The number of hydrogen-bond acceptors (Lipinski definition) is 8. The third-order valence-electron chi connectivity index (χ3n) is 6.97. The van der Waals surface area contributed by atoms with Crippen LogP contribution in [0.25, 0.3) is 11.1 Å². The van der Waals surface area contributed by atoms with Gasteiger partial charge in [-0.1, -0.05) is 0 Å². The van der Waals surface area contributed by atoms with Gasteiger partial charge in [0.2, 0.25) is 5.95 Å². The second-order valence-electron chi connectivity index (χ2n) is 8.94. The number of halogens is 1. The second-order valence-corrected chi connectivity index (χ2v) is 8.94. The van der Waals surface area contributed by atoms with Gasteiger partial charge in [0, 0.05) is 43.3 Å². The minimum atomic E-state index is -0.268. The van der Waals surface area contributed by atoms with Crippen molar-refractivity contribution >= 4 is 23.1 Å². The quantitative estimate of drug-likeness (QED) is 0.452. The van der Waals surface area contributed by atoms with Crippen LogP contribution in [0.3, 0.4) is 0 Å². The zero-order valence-corrected chi connectivity index (χ0v) is 18.1. The van der Waals surface area contributed by atoms with E-state index in [2.05, 4.69) is 25.5 Å². The molecule has 2 aromatic heterocycles. The first-order valence-electron chi connectivity index (χ1n) is 11.0. The Morgan fingerprint density at radius 3 is 2.66 bits per heavy atom. The molecule has 164 valence electrons. The molecule has 2 bridgehead atoms. The Bertz CT molecular complexity index is 1210. The van der Waals surface area contributed by atoms with Crippen molar-refractivity contribution in [3.05, 3.63) is 47.4 Å². The largest absolute Gasteiger partial charge is 0.388 e. The van der Waals surface area contributed by atoms with Crippen LogP contribution in [0.5, 0.6) is 0 Å². The summed E-state index contributed by atoms with van der Waals surface area (Å²) in [5.74, 6) is 2.26. The predicted molar refractivity (Wildman–Crippen MR) is 122 cm³/mol. The Hall–Kier alpha value is -3.33. The average Bonchev–Trinajstić information content (AvgIpc) is 3.46. The molecule has 32 heavy (non-hydrogen) atoms. The Morgan fingerprint density at radius 2 is 1.97 bits per heavy atom. The molecule has 2 fully saturated rings. The maximum atomic E-state index is 14.5. The van der Waals surface area contributed by atoms with Gasteiger partial charge in [0.25, 0.3) is 0 Å². The van der Waals surface area contributed by atoms with Crippen LogP contribution in [-0.2, 0) is 6.42 Å². The number of benzene rings is 1. The molecule has 1 saturated carbocycles. The van der Waals surface area contributed by atoms with E-state index < -0.39 is 0 Å². The smallest absolute Gasteiger partial charge is 0.229 e. The maximum Gasteiger partial charge on any atom is 0.229 e. The van der Waals surface area contributed by atoms with E-state index in [1.165, 1.54) is 6.07 Å². The highest BCUT2D eigenvalue weighted by Crippen LogP contribution is 2.48. The van der Waals surface area contributed by atoms with Crippen LogP contribution in [0.4, 0.5) is 27.5 Å². The van der Waals surface area contributed by atoms with E-state index in [-0.39, 0.29) is 11.9 Å². The van der Waals surface area contributed by atoms with Gasteiger partial charge < -0.3 is 21.3 Å². The highest BCUT2D eigenvalue weighted by molar-refractivity contribution is 5.89. The Balaban J connectivity index is 1.48. The van der Waals surface area contributed by atoms with E-state index in [1.807, 2.05) is 14.0 Å². The lowest BCUT2D eigenvalue weighted by Crippen LogP contribution is -2.41. The summed E-state index contributed by atoms with van der Waals surface area (Å²) in [5, 5.41) is 6.39. The molecule has 0 radical (unpaired) electrons. The standard InChI is InChI=1S/C23H25FN8/c1-11-27-8-14(9-28-11)29-23-30-20-7-16-17(4-13(24)5-19(16)26-2)21(20)22(31-23)32-10-12-3-15(32)6-18(12)25/h4-5,8-9,12,15,18,26H,3,6-7,10,25H2,1-2H3,(H,29,30,31)/t12-,15?,18-/m1/s1. The summed E-state index contributed by atoms with van der Waals surface area (Å²) < 4.78 is 14.5. The van der Waals surface area contributed by atoms with Gasteiger partial charge in [0.15, 0.2) is 0 Å². The van der Waals surface area contributed by atoms with Gasteiger partial charge in [0.1, 0.15) is 17.5 Å². The van der Waals surface area contributed by atoms with Crippen LogP contribution in [0, 0.1) is 18.7 Å². The van der Waals surface area contributed by atoms with Gasteiger partial charge in [-0.3, -0.25) is 0 Å². The Labute approximate surface area is 185 Å². The number of rotatable bonds is 4. The van der Waals surface area contributed by atoms with Crippen molar-refractivity contribution in [1.82, 2.24) is 19.9 Å². The summed E-state index contributed by atoms with van der Waals surface area (Å²) in [6.07, 6.45) is 6.09. The highest BCUT2D eigenvalue weighted by Gasteiger charge is 2.45. The molecule has 2 aliphatic carbocycles. The normalized spacial score (nSPS) is 22.8. The minimum Gasteiger partial charge on any atom is -0.388 e. The fourth-order valence-electron chi connectivity index (χ4n) is 5.44. The lowest BCUT2D eigenvalue weighted by molar-refractivity contribution is 0.471. The molecule has 3 atom stereocenters. The number of nitrogens with two attached hydrogens (primary N) is 1. The van der Waals surface area contributed by atoms with Crippen LogP contribution in [0.1, 0.15) is 29.9 Å². The van der Waals surface area contributed by atoms with Gasteiger partial charge in [-0.2, -0.15) is 4.98 Å². The SMILES string of the molecule is CNc1cc(F)cc2c1Cc1nc(Nc3cnc(C)nc3)nc(N3C[C@H]4CC3C[C@H]4N)c1-2. The molecule has 8 nitrogen and oxygen atoms in total. The third kappa shape index (κ3) is 2.99. The molecule has 6 rings (SSSR count). The molecule has 4 N–H and O–H groups in total. The van der Waals surface area contributed by atoms with E-state index in [4.69, 9.17) is 15.7 Å². The lowest BCUT2D eigenvalue weighted by atomic mass is 10.0. The second kappa shape index (κ2) is 7.09. The van der Waals surface area contributed by atoms with Crippen LogP contribution in [-0.4, -0.2) is 45.6 Å². The first-order valence-corrected chi connectivity index (χ1v) is 11.0. The molecule has 1 aliphatic heterocycles. The monoisotopic (exact) mass is 432 g/mol. The fraction of sp³-hybridized carbons (Fsp3) is 0.391. The van der Waals surface area contributed by atoms with Gasteiger partial charge in [-0.25, -0.2) is 19.3 Å². The van der Waals surface area contributed by atoms with Crippen LogP contribution in [0.15, 0.2) is 24.5 Å². The van der Waals surface area contributed by atoms with Gasteiger partial charge in [0.05, 0.1) is 23.8 Å². The minimum absolute atomic E-state index is 0.245. The Kier molecular flexibility index (Phi) is 4.29.